The highest BCUT2D eigenvalue weighted by atomic mass is 15.1. The predicted molar refractivity (Wildman–Crippen MR) is 223 cm³/mol. The Hall–Kier alpha value is -5.66. The number of anilines is 3. The van der Waals surface area contributed by atoms with Crippen molar-refractivity contribution in [3.05, 3.63) is 196 Å². The molecule has 0 N–H and O–H groups in total. The van der Waals surface area contributed by atoms with Crippen molar-refractivity contribution in [3.8, 4) is 0 Å². The molecule has 0 amide bonds. The molecular weight excluding hydrogens is 627 g/mol. The van der Waals surface area contributed by atoms with Crippen molar-refractivity contribution < 1.29 is 0 Å². The van der Waals surface area contributed by atoms with Gasteiger partial charge in [-0.25, -0.2) is 0 Å². The van der Waals surface area contributed by atoms with E-state index in [1.165, 1.54) is 66.8 Å². The van der Waals surface area contributed by atoms with Crippen LogP contribution in [0.2, 0.25) is 0 Å². The van der Waals surface area contributed by atoms with E-state index in [1.54, 1.807) is 0 Å². The lowest BCUT2D eigenvalue weighted by molar-refractivity contribution is 0.704. The summed E-state index contributed by atoms with van der Waals surface area (Å²) in [4.78, 5) is 2.39. The summed E-state index contributed by atoms with van der Waals surface area (Å²) < 4.78 is 0. The Bertz CT molecular complexity index is 2170. The number of hydrogen-bond donors (Lipinski definition) is 0. The van der Waals surface area contributed by atoms with Crippen LogP contribution in [0.15, 0.2) is 146 Å². The fourth-order valence-corrected chi connectivity index (χ4v) is 9.17. The fourth-order valence-electron chi connectivity index (χ4n) is 9.17. The third-order valence-electron chi connectivity index (χ3n) is 12.1. The second kappa shape index (κ2) is 11.7. The van der Waals surface area contributed by atoms with Crippen molar-refractivity contribution >= 4 is 52.0 Å². The minimum absolute atomic E-state index is 0.0474. The van der Waals surface area contributed by atoms with Crippen LogP contribution in [-0.2, 0) is 16.2 Å². The number of nitrogens with zero attached hydrogens (tertiary/aromatic N) is 1. The molecule has 3 aliphatic rings. The molecule has 0 radical (unpaired) electrons. The Morgan fingerprint density at radius 3 is 0.808 bits per heavy atom. The maximum Gasteiger partial charge on any atom is 0.0462 e. The summed E-state index contributed by atoms with van der Waals surface area (Å²) in [6.07, 6.45) is 7.11. The van der Waals surface area contributed by atoms with E-state index in [2.05, 4.69) is 210 Å². The lowest BCUT2D eigenvalue weighted by atomic mass is 9.78. The first kappa shape index (κ1) is 32.3. The second-order valence-corrected chi connectivity index (χ2v) is 16.3. The maximum atomic E-state index is 2.39. The molecule has 6 aromatic carbocycles. The zero-order valence-corrected chi connectivity index (χ0v) is 31.0. The molecule has 0 aliphatic heterocycles. The first-order valence-electron chi connectivity index (χ1n) is 18.6. The first-order chi connectivity index (χ1) is 25.0. The van der Waals surface area contributed by atoms with Gasteiger partial charge in [-0.3, -0.25) is 0 Å². The SMILES string of the molecule is CC1(C)C(c2ccc(N(c3ccc(C4=Cc5ccccc5C4(C)C)cc3)c3ccc(C4=Cc5ccccc5C4(C)C)cc3)cc2)=Cc2ccccc21. The van der Waals surface area contributed by atoms with Gasteiger partial charge in [-0.05, 0) is 121 Å². The number of hydrogen-bond acceptors (Lipinski definition) is 1. The number of benzene rings is 6. The van der Waals surface area contributed by atoms with Crippen LogP contribution in [-0.4, -0.2) is 0 Å². The Balaban J connectivity index is 1.09. The van der Waals surface area contributed by atoms with Crippen LogP contribution in [0.4, 0.5) is 17.1 Å². The Labute approximate surface area is 309 Å². The van der Waals surface area contributed by atoms with Crippen LogP contribution < -0.4 is 4.90 Å². The highest BCUT2D eigenvalue weighted by molar-refractivity contribution is 5.97. The van der Waals surface area contributed by atoms with Gasteiger partial charge in [0.25, 0.3) is 0 Å². The predicted octanol–water partition coefficient (Wildman–Crippen LogP) is 13.7. The molecule has 0 aromatic heterocycles. The van der Waals surface area contributed by atoms with Crippen LogP contribution in [0.3, 0.4) is 0 Å². The van der Waals surface area contributed by atoms with E-state index in [-0.39, 0.29) is 16.2 Å². The van der Waals surface area contributed by atoms with E-state index in [1.807, 2.05) is 0 Å². The molecule has 3 aliphatic carbocycles. The molecule has 1 heteroatoms. The second-order valence-electron chi connectivity index (χ2n) is 16.3. The molecule has 0 atom stereocenters. The van der Waals surface area contributed by atoms with Crippen LogP contribution in [0, 0.1) is 0 Å². The van der Waals surface area contributed by atoms with Gasteiger partial charge in [0.15, 0.2) is 0 Å². The zero-order chi connectivity index (χ0) is 35.8. The van der Waals surface area contributed by atoms with Crippen molar-refractivity contribution in [2.24, 2.45) is 0 Å². The zero-order valence-electron chi connectivity index (χ0n) is 31.0. The minimum atomic E-state index is -0.0474. The molecule has 9 rings (SSSR count). The summed E-state index contributed by atoms with van der Waals surface area (Å²) in [5, 5.41) is 0. The van der Waals surface area contributed by atoms with E-state index in [9.17, 15) is 0 Å². The lowest BCUT2D eigenvalue weighted by Gasteiger charge is -2.29. The lowest BCUT2D eigenvalue weighted by Crippen LogP contribution is -2.17. The van der Waals surface area contributed by atoms with Gasteiger partial charge in [0.2, 0.25) is 0 Å². The standard InChI is InChI=1S/C51H45N/c1-49(2)43-16-10-7-13-37(43)31-46(49)34-19-25-40(26-20-34)52(41-27-21-35(22-28-41)47-32-38-14-8-11-17-44(38)50(47,3)4)42-29-23-36(24-30-42)48-33-39-15-9-12-18-45(39)51(48,5)6/h7-33H,1-6H3. The average Bonchev–Trinajstić information content (AvgIpc) is 3.71. The molecule has 0 saturated carbocycles. The van der Waals surface area contributed by atoms with Crippen LogP contribution in [0.1, 0.15) is 91.6 Å². The molecule has 0 bridgehead atoms. The average molecular weight is 672 g/mol. The van der Waals surface area contributed by atoms with Crippen molar-refractivity contribution in [3.63, 3.8) is 0 Å². The highest BCUT2D eigenvalue weighted by Gasteiger charge is 2.35. The summed E-state index contributed by atoms with van der Waals surface area (Å²) in [7, 11) is 0. The summed E-state index contributed by atoms with van der Waals surface area (Å²) in [5.74, 6) is 0. The van der Waals surface area contributed by atoms with E-state index in [0.29, 0.717) is 0 Å². The fraction of sp³-hybridized carbons (Fsp3) is 0.176. The van der Waals surface area contributed by atoms with E-state index in [4.69, 9.17) is 0 Å². The van der Waals surface area contributed by atoms with Gasteiger partial charge < -0.3 is 4.90 Å². The van der Waals surface area contributed by atoms with Crippen molar-refractivity contribution in [2.75, 3.05) is 4.90 Å². The summed E-state index contributed by atoms with van der Waals surface area (Å²) >= 11 is 0. The summed E-state index contributed by atoms with van der Waals surface area (Å²) in [6, 6.07) is 53.9. The third-order valence-corrected chi connectivity index (χ3v) is 12.1. The van der Waals surface area contributed by atoms with Gasteiger partial charge in [-0.15, -0.1) is 0 Å². The molecule has 52 heavy (non-hydrogen) atoms. The van der Waals surface area contributed by atoms with E-state index in [0.717, 1.165) is 17.1 Å². The number of fused-ring (bicyclic) bond motifs is 3. The molecule has 0 saturated heterocycles. The van der Waals surface area contributed by atoms with Gasteiger partial charge in [-0.1, -0.05) is 151 Å². The Morgan fingerprint density at radius 2 is 0.558 bits per heavy atom. The quantitative estimate of drug-likeness (QED) is 0.170. The third kappa shape index (κ3) is 4.98. The molecule has 6 aromatic rings. The van der Waals surface area contributed by atoms with Crippen LogP contribution in [0.25, 0.3) is 34.9 Å². The van der Waals surface area contributed by atoms with E-state index >= 15 is 0 Å². The van der Waals surface area contributed by atoms with Crippen molar-refractivity contribution in [2.45, 2.75) is 57.8 Å². The molecule has 0 heterocycles. The molecule has 1 nitrogen and oxygen atoms in total. The van der Waals surface area contributed by atoms with Crippen molar-refractivity contribution in [1.82, 2.24) is 0 Å². The summed E-state index contributed by atoms with van der Waals surface area (Å²) in [6.45, 7) is 14.0. The van der Waals surface area contributed by atoms with Crippen LogP contribution >= 0.6 is 0 Å². The van der Waals surface area contributed by atoms with Gasteiger partial charge in [0.1, 0.15) is 0 Å². The molecule has 0 unspecified atom stereocenters. The molecule has 254 valence electrons. The minimum Gasteiger partial charge on any atom is -0.311 e. The highest BCUT2D eigenvalue weighted by Crippen LogP contribution is 2.50. The van der Waals surface area contributed by atoms with Crippen LogP contribution in [0.5, 0.6) is 0 Å². The largest absolute Gasteiger partial charge is 0.311 e. The molecule has 0 spiro atoms. The Morgan fingerprint density at radius 1 is 0.308 bits per heavy atom. The topological polar surface area (TPSA) is 3.24 Å². The molecular formula is C51H45N. The monoisotopic (exact) mass is 671 g/mol. The number of allylic oxidation sites excluding steroid dienone is 3. The summed E-state index contributed by atoms with van der Waals surface area (Å²) in [5.41, 5.74) is 19.3. The Kier molecular flexibility index (Phi) is 7.25. The normalized spacial score (nSPS) is 17.1. The molecule has 0 fully saturated rings. The van der Waals surface area contributed by atoms with Crippen molar-refractivity contribution in [1.29, 1.82) is 0 Å². The number of rotatable bonds is 6. The van der Waals surface area contributed by atoms with E-state index < -0.39 is 0 Å². The van der Waals surface area contributed by atoms with Gasteiger partial charge in [-0.2, -0.15) is 0 Å². The van der Waals surface area contributed by atoms with Gasteiger partial charge in [0, 0.05) is 33.3 Å². The smallest absolute Gasteiger partial charge is 0.0462 e. The van der Waals surface area contributed by atoms with Gasteiger partial charge >= 0.3 is 0 Å². The first-order valence-corrected chi connectivity index (χ1v) is 18.6. The van der Waals surface area contributed by atoms with Gasteiger partial charge in [0.05, 0.1) is 0 Å². The maximum absolute atomic E-state index is 2.39.